The van der Waals surface area contributed by atoms with Crippen LogP contribution >= 0.6 is 0 Å². The summed E-state index contributed by atoms with van der Waals surface area (Å²) in [7, 11) is 0. The molecule has 1 aromatic carbocycles. The number of rotatable bonds is 5. The Hall–Kier alpha value is -2.09. The molecule has 5 nitrogen and oxygen atoms in total. The molecule has 0 aromatic heterocycles. The molecule has 0 heterocycles. The van der Waals surface area contributed by atoms with Crippen molar-refractivity contribution in [1.82, 2.24) is 5.32 Å². The van der Waals surface area contributed by atoms with Crippen LogP contribution in [0.5, 0.6) is 0 Å². The third-order valence-electron chi connectivity index (χ3n) is 3.23. The first-order valence-electron chi connectivity index (χ1n) is 7.03. The predicted molar refractivity (Wildman–Crippen MR) is 81.0 cm³/mol. The number of aryl methyl sites for hydroxylation is 1. The van der Waals surface area contributed by atoms with Gasteiger partial charge in [-0.05, 0) is 30.5 Å². The molecule has 0 bridgehead atoms. The monoisotopic (exact) mass is 331 g/mol. The number of carbonyl (C=O) groups excluding carboxylic acids is 2. The molecule has 23 heavy (non-hydrogen) atoms. The summed E-state index contributed by atoms with van der Waals surface area (Å²) in [6.45, 7) is 3.86. The molecule has 128 valence electrons. The molecule has 4 N–H and O–H groups in total. The number of amides is 2. The van der Waals surface area contributed by atoms with E-state index in [9.17, 15) is 22.8 Å². The molecule has 1 atom stereocenters. The zero-order valence-electron chi connectivity index (χ0n) is 13.1. The van der Waals surface area contributed by atoms with Gasteiger partial charge >= 0.3 is 6.18 Å². The minimum atomic E-state index is -4.48. The van der Waals surface area contributed by atoms with Gasteiger partial charge in [0.2, 0.25) is 5.91 Å². The summed E-state index contributed by atoms with van der Waals surface area (Å²) in [5.41, 5.74) is 6.76. The molecule has 0 saturated heterocycles. The number of nitrogens with two attached hydrogens (primary N) is 1. The lowest BCUT2D eigenvalue weighted by atomic mass is 10.0. The van der Waals surface area contributed by atoms with Crippen LogP contribution < -0.4 is 16.4 Å². The Balaban J connectivity index is 2.87. The largest absolute Gasteiger partial charge is 0.405 e. The highest BCUT2D eigenvalue weighted by atomic mass is 19.4. The molecule has 0 spiro atoms. The fraction of sp³-hybridized carbons (Fsp3) is 0.467. The fourth-order valence-electron chi connectivity index (χ4n) is 1.70. The summed E-state index contributed by atoms with van der Waals surface area (Å²) in [6.07, 6.45) is -4.48. The number of benzene rings is 1. The van der Waals surface area contributed by atoms with Crippen molar-refractivity contribution in [1.29, 1.82) is 0 Å². The lowest BCUT2D eigenvalue weighted by Crippen LogP contribution is -2.40. The van der Waals surface area contributed by atoms with Crippen molar-refractivity contribution in [3.8, 4) is 0 Å². The first-order valence-corrected chi connectivity index (χ1v) is 7.03. The van der Waals surface area contributed by atoms with Crippen LogP contribution in [0, 0.1) is 12.8 Å². The molecular weight excluding hydrogens is 311 g/mol. The van der Waals surface area contributed by atoms with Gasteiger partial charge in [0.05, 0.1) is 6.04 Å². The highest BCUT2D eigenvalue weighted by Gasteiger charge is 2.28. The second kappa shape index (κ2) is 7.45. The van der Waals surface area contributed by atoms with Gasteiger partial charge < -0.3 is 16.4 Å². The van der Waals surface area contributed by atoms with Gasteiger partial charge in [-0.1, -0.05) is 19.9 Å². The van der Waals surface area contributed by atoms with Gasteiger partial charge in [0.25, 0.3) is 5.91 Å². The molecular formula is C15H20F3N3O2. The minimum Gasteiger partial charge on any atom is -0.343 e. The number of alkyl halides is 3. The van der Waals surface area contributed by atoms with Crippen molar-refractivity contribution < 1.29 is 22.8 Å². The molecule has 1 aromatic rings. The van der Waals surface area contributed by atoms with E-state index < -0.39 is 30.6 Å². The van der Waals surface area contributed by atoms with E-state index in [1.807, 2.05) is 0 Å². The minimum absolute atomic E-state index is 0.0215. The number of hydrogen-bond donors (Lipinski definition) is 3. The fourth-order valence-corrected chi connectivity index (χ4v) is 1.70. The Labute approximate surface area is 132 Å². The van der Waals surface area contributed by atoms with E-state index in [0.29, 0.717) is 11.3 Å². The van der Waals surface area contributed by atoms with E-state index >= 15 is 0 Å². The second-order valence-corrected chi connectivity index (χ2v) is 5.59. The Morgan fingerprint density at radius 3 is 2.39 bits per heavy atom. The molecule has 0 aliphatic heterocycles. The first-order chi connectivity index (χ1) is 10.5. The standard InChI is InChI=1S/C15H20F3N3O2/c1-8(2)12(19)14(23)21-11-6-10(5-4-9(11)3)13(22)20-7-15(16,17)18/h4-6,8,12H,7,19H2,1-3H3,(H,20,22)(H,21,23)/t12-/m0/s1. The SMILES string of the molecule is Cc1ccc(C(=O)NCC(F)(F)F)cc1NC(=O)[C@@H](N)C(C)C. The van der Waals surface area contributed by atoms with Crippen LogP contribution in [-0.4, -0.2) is 30.6 Å². The van der Waals surface area contributed by atoms with Crippen LogP contribution in [0.2, 0.25) is 0 Å². The van der Waals surface area contributed by atoms with Gasteiger partial charge in [-0.25, -0.2) is 0 Å². The summed E-state index contributed by atoms with van der Waals surface area (Å²) < 4.78 is 36.4. The number of hydrogen-bond acceptors (Lipinski definition) is 3. The molecule has 0 aliphatic rings. The third kappa shape index (κ3) is 5.90. The maximum Gasteiger partial charge on any atom is 0.405 e. The predicted octanol–water partition coefficient (Wildman–Crippen LogP) is 2.21. The lowest BCUT2D eigenvalue weighted by Gasteiger charge is -2.17. The first kappa shape index (κ1) is 19.0. The van der Waals surface area contributed by atoms with Gasteiger partial charge in [0, 0.05) is 11.3 Å². The molecule has 8 heteroatoms. The van der Waals surface area contributed by atoms with Crippen molar-refractivity contribution in [3.05, 3.63) is 29.3 Å². The number of carbonyl (C=O) groups is 2. The Kier molecular flexibility index (Phi) is 6.14. The molecule has 0 unspecified atom stereocenters. The summed E-state index contributed by atoms with van der Waals surface area (Å²) >= 11 is 0. The average molecular weight is 331 g/mol. The maximum absolute atomic E-state index is 12.1. The lowest BCUT2D eigenvalue weighted by molar-refractivity contribution is -0.123. The Bertz CT molecular complexity index is 586. The summed E-state index contributed by atoms with van der Waals surface area (Å²) in [5, 5.41) is 4.37. The van der Waals surface area contributed by atoms with Crippen molar-refractivity contribution >= 4 is 17.5 Å². The highest BCUT2D eigenvalue weighted by molar-refractivity contribution is 5.99. The van der Waals surface area contributed by atoms with Crippen LogP contribution in [0.25, 0.3) is 0 Å². The number of nitrogens with one attached hydrogen (secondary N) is 2. The van der Waals surface area contributed by atoms with Crippen LogP contribution in [0.4, 0.5) is 18.9 Å². The zero-order valence-corrected chi connectivity index (χ0v) is 13.1. The molecule has 2 amide bonds. The Morgan fingerprint density at radius 2 is 1.87 bits per heavy atom. The van der Waals surface area contributed by atoms with Crippen molar-refractivity contribution in [2.24, 2.45) is 11.7 Å². The highest BCUT2D eigenvalue weighted by Crippen LogP contribution is 2.18. The summed E-state index contributed by atoms with van der Waals surface area (Å²) in [6, 6.07) is 3.53. The Morgan fingerprint density at radius 1 is 1.26 bits per heavy atom. The van der Waals surface area contributed by atoms with E-state index in [-0.39, 0.29) is 11.5 Å². The summed E-state index contributed by atoms with van der Waals surface area (Å²) in [5.74, 6) is -1.37. The molecule has 0 fully saturated rings. The van der Waals surface area contributed by atoms with Crippen LogP contribution in [-0.2, 0) is 4.79 Å². The van der Waals surface area contributed by atoms with E-state index in [0.717, 1.165) is 0 Å². The second-order valence-electron chi connectivity index (χ2n) is 5.59. The molecule has 0 aliphatic carbocycles. The maximum atomic E-state index is 12.1. The van der Waals surface area contributed by atoms with Gasteiger partial charge in [0.1, 0.15) is 6.54 Å². The van der Waals surface area contributed by atoms with E-state index in [1.165, 1.54) is 12.1 Å². The van der Waals surface area contributed by atoms with E-state index in [4.69, 9.17) is 5.73 Å². The van der Waals surface area contributed by atoms with Gasteiger partial charge in [-0.2, -0.15) is 13.2 Å². The number of anilines is 1. The molecule has 0 radical (unpaired) electrons. The van der Waals surface area contributed by atoms with Crippen LogP contribution in [0.15, 0.2) is 18.2 Å². The van der Waals surface area contributed by atoms with Gasteiger partial charge in [-0.15, -0.1) is 0 Å². The van der Waals surface area contributed by atoms with Crippen molar-refractivity contribution in [2.75, 3.05) is 11.9 Å². The summed E-state index contributed by atoms with van der Waals surface area (Å²) in [4.78, 5) is 23.7. The topological polar surface area (TPSA) is 84.2 Å². The zero-order chi connectivity index (χ0) is 17.8. The average Bonchev–Trinajstić information content (AvgIpc) is 2.45. The normalized spacial score (nSPS) is 12.9. The van der Waals surface area contributed by atoms with Crippen LogP contribution in [0.1, 0.15) is 29.8 Å². The van der Waals surface area contributed by atoms with E-state index in [2.05, 4.69) is 5.32 Å². The molecule has 1 rings (SSSR count). The van der Waals surface area contributed by atoms with Gasteiger partial charge in [-0.3, -0.25) is 9.59 Å². The van der Waals surface area contributed by atoms with Crippen LogP contribution in [0.3, 0.4) is 0 Å². The smallest absolute Gasteiger partial charge is 0.343 e. The molecule has 0 saturated carbocycles. The van der Waals surface area contributed by atoms with Gasteiger partial charge in [0.15, 0.2) is 0 Å². The third-order valence-corrected chi connectivity index (χ3v) is 3.23. The number of halogens is 3. The van der Waals surface area contributed by atoms with E-state index in [1.54, 1.807) is 32.2 Å². The van der Waals surface area contributed by atoms with Crippen molar-refractivity contribution in [2.45, 2.75) is 33.0 Å². The van der Waals surface area contributed by atoms with Crippen molar-refractivity contribution in [3.63, 3.8) is 0 Å². The quantitative estimate of drug-likeness (QED) is 0.773.